The number of hydrogen-bond donors (Lipinski definition) is 0. The van der Waals surface area contributed by atoms with Crippen molar-refractivity contribution in [2.75, 3.05) is 6.54 Å². The summed E-state index contributed by atoms with van der Waals surface area (Å²) in [6, 6.07) is 6.09. The Morgan fingerprint density at radius 2 is 2.32 bits per heavy atom. The largest absolute Gasteiger partial charge is 0.469 e. The van der Waals surface area contributed by atoms with E-state index >= 15 is 0 Å². The Hall–Kier alpha value is -2.04. The molecule has 1 saturated heterocycles. The molecule has 2 aromatic rings. The molecule has 3 heterocycles. The van der Waals surface area contributed by atoms with Crippen molar-refractivity contribution < 1.29 is 9.21 Å². The van der Waals surface area contributed by atoms with Crippen LogP contribution >= 0.6 is 0 Å². The van der Waals surface area contributed by atoms with Crippen LogP contribution in [0.15, 0.2) is 41.3 Å². The van der Waals surface area contributed by atoms with E-state index in [-0.39, 0.29) is 17.9 Å². The molecule has 0 unspecified atom stereocenters. The molecule has 0 N–H and O–H groups in total. The summed E-state index contributed by atoms with van der Waals surface area (Å²) in [4.78, 5) is 15.0. The summed E-state index contributed by atoms with van der Waals surface area (Å²) in [5.41, 5.74) is 0. The average Bonchev–Trinajstić information content (AvgIpc) is 2.94. The Labute approximate surface area is 129 Å². The number of carbonyl (C=O) groups is 1. The Bertz CT molecular complexity index is 620. The molecule has 116 valence electrons. The minimum absolute atomic E-state index is 0.115. The van der Waals surface area contributed by atoms with Crippen molar-refractivity contribution in [2.45, 2.75) is 44.2 Å². The quantitative estimate of drug-likeness (QED) is 0.872. The van der Waals surface area contributed by atoms with Crippen LogP contribution in [0.2, 0.25) is 0 Å². The van der Waals surface area contributed by atoms with Gasteiger partial charge in [0, 0.05) is 30.8 Å². The predicted molar refractivity (Wildman–Crippen MR) is 81.1 cm³/mol. The highest BCUT2D eigenvalue weighted by Crippen LogP contribution is 2.49. The zero-order valence-electron chi connectivity index (χ0n) is 12.6. The fourth-order valence-electron chi connectivity index (χ4n) is 3.60. The lowest BCUT2D eigenvalue weighted by atomic mass is 10.0. The van der Waals surface area contributed by atoms with Crippen LogP contribution in [-0.2, 0) is 11.3 Å². The second-order valence-corrected chi connectivity index (χ2v) is 6.37. The van der Waals surface area contributed by atoms with Crippen molar-refractivity contribution in [3.8, 4) is 0 Å². The van der Waals surface area contributed by atoms with E-state index in [1.54, 1.807) is 12.5 Å². The molecule has 1 aliphatic carbocycles. The first-order valence-corrected chi connectivity index (χ1v) is 8.14. The lowest BCUT2D eigenvalue weighted by molar-refractivity contribution is -0.136. The van der Waals surface area contributed by atoms with Gasteiger partial charge in [-0.2, -0.15) is 5.10 Å². The standard InChI is InChI=1S/C17H21N3O2/c21-17(15-11-14(15)16-6-3-10-22-16)20-9-2-1-5-13(20)12-19-8-4-7-18-19/h3-4,6-8,10,13-15H,1-2,5,9,11-12H2/t13-,14+,15+/m0/s1. The van der Waals surface area contributed by atoms with E-state index in [9.17, 15) is 4.79 Å². The van der Waals surface area contributed by atoms with Gasteiger partial charge >= 0.3 is 0 Å². The number of carbonyl (C=O) groups excluding carboxylic acids is 1. The predicted octanol–water partition coefficient (Wildman–Crippen LogP) is 2.66. The number of likely N-dealkylation sites (tertiary alicyclic amines) is 1. The molecule has 0 aromatic carbocycles. The topological polar surface area (TPSA) is 51.3 Å². The fourth-order valence-corrected chi connectivity index (χ4v) is 3.60. The third-order valence-corrected chi connectivity index (χ3v) is 4.88. The van der Waals surface area contributed by atoms with Crippen molar-refractivity contribution in [3.63, 3.8) is 0 Å². The Kier molecular flexibility index (Phi) is 3.48. The molecule has 22 heavy (non-hydrogen) atoms. The van der Waals surface area contributed by atoms with E-state index < -0.39 is 0 Å². The van der Waals surface area contributed by atoms with Crippen LogP contribution in [0.5, 0.6) is 0 Å². The molecule has 2 aromatic heterocycles. The van der Waals surface area contributed by atoms with Gasteiger partial charge in [-0.15, -0.1) is 0 Å². The highest BCUT2D eigenvalue weighted by Gasteiger charge is 2.48. The summed E-state index contributed by atoms with van der Waals surface area (Å²) in [7, 11) is 0. The third-order valence-electron chi connectivity index (χ3n) is 4.88. The molecule has 5 nitrogen and oxygen atoms in total. The maximum absolute atomic E-state index is 12.9. The van der Waals surface area contributed by atoms with E-state index in [4.69, 9.17) is 4.42 Å². The van der Waals surface area contributed by atoms with Gasteiger partial charge in [-0.3, -0.25) is 9.48 Å². The van der Waals surface area contributed by atoms with Crippen molar-refractivity contribution in [2.24, 2.45) is 5.92 Å². The molecule has 4 rings (SSSR count). The summed E-state index contributed by atoms with van der Waals surface area (Å²) >= 11 is 0. The molecule has 1 saturated carbocycles. The number of furan rings is 1. The van der Waals surface area contributed by atoms with Gasteiger partial charge in [-0.1, -0.05) is 0 Å². The lowest BCUT2D eigenvalue weighted by Gasteiger charge is -2.36. The van der Waals surface area contributed by atoms with Gasteiger partial charge in [0.05, 0.1) is 18.8 Å². The molecule has 0 spiro atoms. The lowest BCUT2D eigenvalue weighted by Crippen LogP contribution is -2.46. The summed E-state index contributed by atoms with van der Waals surface area (Å²) < 4.78 is 7.39. The maximum Gasteiger partial charge on any atom is 0.226 e. The van der Waals surface area contributed by atoms with Crippen LogP contribution in [-0.4, -0.2) is 33.2 Å². The van der Waals surface area contributed by atoms with E-state index in [1.165, 1.54) is 6.42 Å². The molecule has 3 atom stereocenters. The van der Waals surface area contributed by atoms with Gasteiger partial charge in [0.2, 0.25) is 5.91 Å². The Balaban J connectivity index is 1.44. The van der Waals surface area contributed by atoms with Crippen LogP contribution in [0, 0.1) is 5.92 Å². The van der Waals surface area contributed by atoms with E-state index in [2.05, 4.69) is 10.00 Å². The molecule has 2 fully saturated rings. The third kappa shape index (κ3) is 2.56. The molecule has 0 bridgehead atoms. The van der Waals surface area contributed by atoms with Gasteiger partial charge in [-0.05, 0) is 43.9 Å². The van der Waals surface area contributed by atoms with Crippen molar-refractivity contribution in [3.05, 3.63) is 42.6 Å². The van der Waals surface area contributed by atoms with Gasteiger partial charge < -0.3 is 9.32 Å². The zero-order chi connectivity index (χ0) is 14.9. The van der Waals surface area contributed by atoms with Gasteiger partial charge in [0.15, 0.2) is 0 Å². The fraction of sp³-hybridized carbons (Fsp3) is 0.529. The number of amides is 1. The molecule has 5 heteroatoms. The first-order chi connectivity index (χ1) is 10.8. The SMILES string of the molecule is O=C([C@@H]1C[C@H]1c1ccco1)N1CCCC[C@H]1Cn1cccn1. The van der Waals surface area contributed by atoms with Crippen molar-refractivity contribution in [1.29, 1.82) is 0 Å². The monoisotopic (exact) mass is 299 g/mol. The number of hydrogen-bond acceptors (Lipinski definition) is 3. The normalized spacial score (nSPS) is 27.8. The number of piperidine rings is 1. The molecule has 2 aliphatic rings. The smallest absolute Gasteiger partial charge is 0.226 e. The first kappa shape index (κ1) is 13.6. The van der Waals surface area contributed by atoms with Crippen LogP contribution in [0.25, 0.3) is 0 Å². The highest BCUT2D eigenvalue weighted by atomic mass is 16.3. The zero-order valence-corrected chi connectivity index (χ0v) is 12.6. The van der Waals surface area contributed by atoms with Gasteiger partial charge in [0.1, 0.15) is 5.76 Å². The maximum atomic E-state index is 12.9. The van der Waals surface area contributed by atoms with E-state index in [1.807, 2.05) is 29.1 Å². The van der Waals surface area contributed by atoms with E-state index in [0.717, 1.165) is 38.1 Å². The number of nitrogens with zero attached hydrogens (tertiary/aromatic N) is 3. The Morgan fingerprint density at radius 1 is 1.36 bits per heavy atom. The van der Waals surface area contributed by atoms with Crippen LogP contribution < -0.4 is 0 Å². The van der Waals surface area contributed by atoms with Gasteiger partial charge in [0.25, 0.3) is 0 Å². The average molecular weight is 299 g/mol. The van der Waals surface area contributed by atoms with Crippen molar-refractivity contribution in [1.82, 2.24) is 14.7 Å². The summed E-state index contributed by atoms with van der Waals surface area (Å²) in [6.07, 6.45) is 9.77. The van der Waals surface area contributed by atoms with Crippen LogP contribution in [0.3, 0.4) is 0 Å². The highest BCUT2D eigenvalue weighted by molar-refractivity contribution is 5.83. The minimum atomic E-state index is 0.115. The first-order valence-electron chi connectivity index (χ1n) is 8.14. The molecule has 0 radical (unpaired) electrons. The molecule has 1 aliphatic heterocycles. The summed E-state index contributed by atoms with van der Waals surface area (Å²) in [6.45, 7) is 1.68. The van der Waals surface area contributed by atoms with Crippen LogP contribution in [0.1, 0.15) is 37.4 Å². The summed E-state index contributed by atoms with van der Waals surface area (Å²) in [5, 5.41) is 4.28. The van der Waals surface area contributed by atoms with Crippen molar-refractivity contribution >= 4 is 5.91 Å². The number of rotatable bonds is 4. The minimum Gasteiger partial charge on any atom is -0.469 e. The molecule has 1 amide bonds. The number of aromatic nitrogens is 2. The summed E-state index contributed by atoms with van der Waals surface area (Å²) in [5.74, 6) is 1.66. The van der Waals surface area contributed by atoms with E-state index in [0.29, 0.717) is 5.91 Å². The Morgan fingerprint density at radius 3 is 3.09 bits per heavy atom. The van der Waals surface area contributed by atoms with Gasteiger partial charge in [-0.25, -0.2) is 0 Å². The molecular formula is C17H21N3O2. The second kappa shape index (κ2) is 5.63. The molecular weight excluding hydrogens is 278 g/mol. The van der Waals surface area contributed by atoms with Crippen LogP contribution in [0.4, 0.5) is 0 Å². The second-order valence-electron chi connectivity index (χ2n) is 6.37.